The van der Waals surface area contributed by atoms with Crippen molar-refractivity contribution in [3.05, 3.63) is 53.0 Å². The summed E-state index contributed by atoms with van der Waals surface area (Å²) < 4.78 is 16.2. The third-order valence-electron chi connectivity index (χ3n) is 5.17. The van der Waals surface area contributed by atoms with Crippen LogP contribution in [0.5, 0.6) is 0 Å². The number of halogens is 1. The van der Waals surface area contributed by atoms with Gasteiger partial charge < -0.3 is 10.6 Å². The number of rotatable bonds is 4. The molecule has 1 aliphatic rings. The van der Waals surface area contributed by atoms with E-state index in [2.05, 4.69) is 20.7 Å². The number of benzene rings is 1. The monoisotopic (exact) mass is 427 g/mol. The van der Waals surface area contributed by atoms with Crippen molar-refractivity contribution in [1.82, 2.24) is 20.1 Å². The molecule has 0 bridgehead atoms. The maximum absolute atomic E-state index is 14.3. The highest BCUT2D eigenvalue weighted by atomic mass is 32.1. The van der Waals surface area contributed by atoms with Crippen LogP contribution in [0.2, 0.25) is 0 Å². The highest BCUT2D eigenvalue weighted by molar-refractivity contribution is 7.15. The summed E-state index contributed by atoms with van der Waals surface area (Å²) in [6.07, 6.45) is 5.57. The van der Waals surface area contributed by atoms with Crippen molar-refractivity contribution >= 4 is 22.9 Å². The first-order valence-corrected chi connectivity index (χ1v) is 11.0. The topological polar surface area (TPSA) is 71.8 Å². The first-order valence-electron chi connectivity index (χ1n) is 10.2. The van der Waals surface area contributed by atoms with Gasteiger partial charge in [-0.3, -0.25) is 9.48 Å². The van der Waals surface area contributed by atoms with Crippen molar-refractivity contribution in [2.24, 2.45) is 0 Å². The van der Waals surface area contributed by atoms with Crippen LogP contribution in [-0.2, 0) is 5.41 Å². The van der Waals surface area contributed by atoms with E-state index >= 15 is 0 Å². The van der Waals surface area contributed by atoms with Crippen molar-refractivity contribution in [2.45, 2.75) is 45.1 Å². The number of nitrogens with zero attached hydrogens (tertiary/aromatic N) is 3. The van der Waals surface area contributed by atoms with E-state index in [0.29, 0.717) is 28.0 Å². The number of hydrogen-bond donors (Lipinski definition) is 2. The molecule has 1 fully saturated rings. The summed E-state index contributed by atoms with van der Waals surface area (Å²) in [6.45, 7) is 8.02. The van der Waals surface area contributed by atoms with E-state index in [-0.39, 0.29) is 17.1 Å². The Labute approximate surface area is 179 Å². The lowest BCUT2D eigenvalue weighted by Gasteiger charge is -2.22. The van der Waals surface area contributed by atoms with Gasteiger partial charge in [0.05, 0.1) is 17.9 Å². The smallest absolute Gasteiger partial charge is 0.275 e. The molecule has 1 aromatic carbocycles. The fourth-order valence-corrected chi connectivity index (χ4v) is 4.74. The van der Waals surface area contributed by atoms with Gasteiger partial charge in [0.15, 0.2) is 0 Å². The predicted molar refractivity (Wildman–Crippen MR) is 118 cm³/mol. The lowest BCUT2D eigenvalue weighted by Crippen LogP contribution is -2.29. The number of carbonyl (C=O) groups is 1. The molecule has 1 amide bonds. The molecule has 1 aliphatic heterocycles. The first kappa shape index (κ1) is 20.7. The zero-order valence-electron chi connectivity index (χ0n) is 17.4. The zero-order valence-corrected chi connectivity index (χ0v) is 18.2. The number of hydrogen-bond acceptors (Lipinski definition) is 5. The Balaban J connectivity index is 1.60. The molecule has 3 aromatic rings. The highest BCUT2D eigenvalue weighted by Crippen LogP contribution is 2.37. The molecular formula is C22H26FN5OS. The van der Waals surface area contributed by atoms with Crippen LogP contribution in [0.3, 0.4) is 0 Å². The number of thiazole rings is 1. The van der Waals surface area contributed by atoms with Crippen LogP contribution < -0.4 is 10.6 Å². The summed E-state index contributed by atoms with van der Waals surface area (Å²) in [7, 11) is 0. The minimum atomic E-state index is -0.345. The predicted octanol–water partition coefficient (Wildman–Crippen LogP) is 4.62. The van der Waals surface area contributed by atoms with Crippen LogP contribution in [0.25, 0.3) is 10.6 Å². The van der Waals surface area contributed by atoms with Crippen molar-refractivity contribution in [2.75, 3.05) is 18.4 Å². The Morgan fingerprint density at radius 3 is 2.70 bits per heavy atom. The fourth-order valence-electron chi connectivity index (χ4n) is 3.60. The van der Waals surface area contributed by atoms with Gasteiger partial charge in [0.2, 0.25) is 0 Å². The fraction of sp³-hybridized carbons (Fsp3) is 0.409. The van der Waals surface area contributed by atoms with Gasteiger partial charge in [-0.1, -0.05) is 32.9 Å². The maximum Gasteiger partial charge on any atom is 0.275 e. The third kappa shape index (κ3) is 4.29. The second kappa shape index (κ2) is 8.28. The average Bonchev–Trinajstić information content (AvgIpc) is 3.36. The summed E-state index contributed by atoms with van der Waals surface area (Å²) in [4.78, 5) is 18.4. The van der Waals surface area contributed by atoms with Crippen LogP contribution in [0.4, 0.5) is 10.1 Å². The zero-order chi connectivity index (χ0) is 21.3. The van der Waals surface area contributed by atoms with Crippen LogP contribution >= 0.6 is 11.3 Å². The molecule has 158 valence electrons. The van der Waals surface area contributed by atoms with E-state index < -0.39 is 0 Å². The molecule has 8 heteroatoms. The standard InChI is InChI=1S/C22H26FN5OS/c1-22(2,3)19-18(27-21(30-19)16-6-4-5-7-17(16)23)20(29)26-14-12-25-28(13-14)15-8-10-24-11-9-15/h4-7,12-13,15,24H,8-11H2,1-3H3,(H,26,29). The molecular weight excluding hydrogens is 401 g/mol. The molecule has 1 saturated heterocycles. The Bertz CT molecular complexity index is 1050. The minimum Gasteiger partial charge on any atom is -0.318 e. The highest BCUT2D eigenvalue weighted by Gasteiger charge is 2.28. The van der Waals surface area contributed by atoms with Gasteiger partial charge in [-0.2, -0.15) is 5.10 Å². The second-order valence-corrected chi connectivity index (χ2v) is 9.57. The SMILES string of the molecule is CC(C)(C)c1sc(-c2ccccc2F)nc1C(=O)Nc1cnn(C2CCNCC2)c1. The molecule has 4 rings (SSSR count). The molecule has 0 saturated carbocycles. The Kier molecular flexibility index (Phi) is 5.71. The van der Waals surface area contributed by atoms with Crippen molar-refractivity contribution < 1.29 is 9.18 Å². The number of carbonyl (C=O) groups excluding carboxylic acids is 1. The molecule has 30 heavy (non-hydrogen) atoms. The number of piperidine rings is 1. The van der Waals surface area contributed by atoms with Crippen molar-refractivity contribution in [3.8, 4) is 10.6 Å². The number of anilines is 1. The van der Waals surface area contributed by atoms with Gasteiger partial charge in [-0.15, -0.1) is 11.3 Å². The molecule has 0 unspecified atom stereocenters. The average molecular weight is 428 g/mol. The lowest BCUT2D eigenvalue weighted by molar-refractivity contribution is 0.102. The van der Waals surface area contributed by atoms with E-state index in [0.717, 1.165) is 30.8 Å². The maximum atomic E-state index is 14.3. The molecule has 0 radical (unpaired) electrons. The van der Waals surface area contributed by atoms with Gasteiger partial charge in [-0.05, 0) is 43.5 Å². The largest absolute Gasteiger partial charge is 0.318 e. The summed E-state index contributed by atoms with van der Waals surface area (Å²) in [6, 6.07) is 6.85. The van der Waals surface area contributed by atoms with E-state index in [9.17, 15) is 9.18 Å². The lowest BCUT2D eigenvalue weighted by atomic mass is 9.93. The Morgan fingerprint density at radius 2 is 2.00 bits per heavy atom. The van der Waals surface area contributed by atoms with Gasteiger partial charge in [0.25, 0.3) is 5.91 Å². The van der Waals surface area contributed by atoms with E-state index in [4.69, 9.17) is 0 Å². The normalized spacial score (nSPS) is 15.3. The molecule has 0 spiro atoms. The van der Waals surface area contributed by atoms with Gasteiger partial charge in [0.1, 0.15) is 16.5 Å². The summed E-state index contributed by atoms with van der Waals surface area (Å²) in [5.41, 5.74) is 1.08. The van der Waals surface area contributed by atoms with Gasteiger partial charge in [0, 0.05) is 16.6 Å². The van der Waals surface area contributed by atoms with E-state index in [1.54, 1.807) is 24.4 Å². The second-order valence-electron chi connectivity index (χ2n) is 8.57. The molecule has 2 N–H and O–H groups in total. The quantitative estimate of drug-likeness (QED) is 0.637. The molecule has 0 atom stereocenters. The summed E-state index contributed by atoms with van der Waals surface area (Å²) in [5, 5.41) is 11.2. The first-order chi connectivity index (χ1) is 14.3. The van der Waals surface area contributed by atoms with Gasteiger partial charge >= 0.3 is 0 Å². The number of amides is 1. The van der Waals surface area contributed by atoms with Crippen LogP contribution in [-0.4, -0.2) is 33.8 Å². The van der Waals surface area contributed by atoms with Crippen molar-refractivity contribution in [3.63, 3.8) is 0 Å². The summed E-state index contributed by atoms with van der Waals surface area (Å²) >= 11 is 1.36. The Morgan fingerprint density at radius 1 is 1.27 bits per heavy atom. The number of nitrogens with one attached hydrogen (secondary N) is 2. The Hall–Kier alpha value is -2.58. The molecule has 0 aliphatic carbocycles. The summed E-state index contributed by atoms with van der Waals surface area (Å²) in [5.74, 6) is -0.648. The minimum absolute atomic E-state index is 0.298. The van der Waals surface area contributed by atoms with Gasteiger partial charge in [-0.25, -0.2) is 9.37 Å². The van der Waals surface area contributed by atoms with E-state index in [1.165, 1.54) is 17.4 Å². The van der Waals surface area contributed by atoms with Crippen LogP contribution in [0.15, 0.2) is 36.7 Å². The number of aromatic nitrogens is 3. The molecule has 2 aromatic heterocycles. The molecule has 3 heterocycles. The third-order valence-corrected chi connectivity index (χ3v) is 6.68. The van der Waals surface area contributed by atoms with Crippen LogP contribution in [0, 0.1) is 5.82 Å². The van der Waals surface area contributed by atoms with Crippen LogP contribution in [0.1, 0.15) is 55.0 Å². The van der Waals surface area contributed by atoms with E-state index in [1.807, 2.05) is 31.6 Å². The molecule has 6 nitrogen and oxygen atoms in total. The van der Waals surface area contributed by atoms with Crippen molar-refractivity contribution in [1.29, 1.82) is 0 Å².